The smallest absolute Gasteiger partial charge is 0.319 e. The van der Waals surface area contributed by atoms with Crippen LogP contribution in [0.5, 0.6) is 5.75 Å². The molecule has 8 nitrogen and oxygen atoms in total. The molecular weight excluding hydrogens is 396 g/mol. The third kappa shape index (κ3) is 6.23. The van der Waals surface area contributed by atoms with Crippen LogP contribution in [0.15, 0.2) is 54.7 Å². The summed E-state index contributed by atoms with van der Waals surface area (Å²) in [4.78, 5) is 25.8. The first-order chi connectivity index (χ1) is 15.0. The zero-order valence-corrected chi connectivity index (χ0v) is 18.1. The molecule has 0 aliphatic rings. The van der Waals surface area contributed by atoms with Crippen LogP contribution in [0.4, 0.5) is 10.5 Å². The minimum atomic E-state index is -0.290. The van der Waals surface area contributed by atoms with E-state index >= 15 is 0 Å². The molecule has 0 saturated heterocycles. The van der Waals surface area contributed by atoms with Crippen molar-refractivity contribution in [2.75, 3.05) is 39.7 Å². The van der Waals surface area contributed by atoms with Crippen LogP contribution in [0, 0.1) is 0 Å². The Morgan fingerprint density at radius 3 is 2.52 bits per heavy atom. The van der Waals surface area contributed by atoms with Gasteiger partial charge in [-0.15, -0.1) is 0 Å². The van der Waals surface area contributed by atoms with Crippen LogP contribution < -0.4 is 15.4 Å². The fourth-order valence-corrected chi connectivity index (χ4v) is 3.01. The van der Waals surface area contributed by atoms with Crippen molar-refractivity contribution >= 4 is 28.5 Å². The predicted octanol–water partition coefficient (Wildman–Crippen LogP) is 3.08. The quantitative estimate of drug-likeness (QED) is 0.517. The number of urea groups is 1. The normalized spacial score (nSPS) is 10.7. The Labute approximate surface area is 181 Å². The fourth-order valence-electron chi connectivity index (χ4n) is 3.01. The van der Waals surface area contributed by atoms with Crippen LogP contribution in [0.25, 0.3) is 10.9 Å². The highest BCUT2D eigenvalue weighted by Gasteiger charge is 2.09. The van der Waals surface area contributed by atoms with Gasteiger partial charge in [-0.3, -0.25) is 4.79 Å². The molecule has 0 aliphatic heterocycles. The maximum atomic E-state index is 12.3. The van der Waals surface area contributed by atoms with E-state index in [0.717, 1.165) is 22.2 Å². The van der Waals surface area contributed by atoms with Crippen molar-refractivity contribution in [3.05, 3.63) is 60.3 Å². The van der Waals surface area contributed by atoms with Crippen molar-refractivity contribution in [3.8, 4) is 5.75 Å². The van der Waals surface area contributed by atoms with E-state index in [4.69, 9.17) is 9.47 Å². The monoisotopic (exact) mass is 424 g/mol. The number of amides is 3. The average Bonchev–Trinajstić information content (AvgIpc) is 3.15. The molecule has 31 heavy (non-hydrogen) atoms. The molecule has 8 heteroatoms. The molecule has 0 radical (unpaired) electrons. The lowest BCUT2D eigenvalue weighted by Crippen LogP contribution is -2.28. The summed E-state index contributed by atoms with van der Waals surface area (Å²) in [5, 5.41) is 6.64. The SMILES string of the molecule is COCCOc1ccc(CNC(=O)Nc2ccc3c(ccn3CC(=O)N(C)C)c2)cc1. The molecule has 0 fully saturated rings. The Morgan fingerprint density at radius 2 is 1.81 bits per heavy atom. The van der Waals surface area contributed by atoms with Crippen LogP contribution in [0.2, 0.25) is 0 Å². The highest BCUT2D eigenvalue weighted by atomic mass is 16.5. The number of rotatable bonds is 9. The second-order valence-corrected chi connectivity index (χ2v) is 7.30. The predicted molar refractivity (Wildman–Crippen MR) is 120 cm³/mol. The van der Waals surface area contributed by atoms with E-state index in [0.29, 0.717) is 25.4 Å². The first-order valence-corrected chi connectivity index (χ1v) is 10.0. The summed E-state index contributed by atoms with van der Waals surface area (Å²) in [5.74, 6) is 0.784. The second-order valence-electron chi connectivity index (χ2n) is 7.30. The summed E-state index contributed by atoms with van der Waals surface area (Å²) < 4.78 is 12.4. The lowest BCUT2D eigenvalue weighted by atomic mass is 10.2. The third-order valence-corrected chi connectivity index (χ3v) is 4.77. The first kappa shape index (κ1) is 22.2. The van der Waals surface area contributed by atoms with E-state index in [2.05, 4.69) is 10.6 Å². The summed E-state index contributed by atoms with van der Waals surface area (Å²) >= 11 is 0. The number of fused-ring (bicyclic) bond motifs is 1. The Morgan fingerprint density at radius 1 is 1.03 bits per heavy atom. The zero-order valence-electron chi connectivity index (χ0n) is 18.1. The Kier molecular flexibility index (Phi) is 7.50. The zero-order chi connectivity index (χ0) is 22.2. The van der Waals surface area contributed by atoms with Gasteiger partial charge in [-0.25, -0.2) is 4.79 Å². The number of methoxy groups -OCH3 is 1. The summed E-state index contributed by atoms with van der Waals surface area (Å²) in [7, 11) is 5.10. The van der Waals surface area contributed by atoms with Crippen molar-refractivity contribution in [1.82, 2.24) is 14.8 Å². The van der Waals surface area contributed by atoms with Gasteiger partial charge in [0.25, 0.3) is 0 Å². The van der Waals surface area contributed by atoms with Crippen molar-refractivity contribution in [2.24, 2.45) is 0 Å². The number of nitrogens with zero attached hydrogens (tertiary/aromatic N) is 2. The topological polar surface area (TPSA) is 84.8 Å². The van der Waals surface area contributed by atoms with Gasteiger partial charge < -0.3 is 29.6 Å². The summed E-state index contributed by atoms with van der Waals surface area (Å²) in [6.07, 6.45) is 1.87. The Hall–Kier alpha value is -3.52. The van der Waals surface area contributed by atoms with Crippen LogP contribution in [0.1, 0.15) is 5.56 Å². The lowest BCUT2D eigenvalue weighted by molar-refractivity contribution is -0.129. The number of carbonyl (C=O) groups is 2. The molecular formula is C23H28N4O4. The van der Waals surface area contributed by atoms with Gasteiger partial charge in [-0.1, -0.05) is 12.1 Å². The van der Waals surface area contributed by atoms with Crippen molar-refractivity contribution in [3.63, 3.8) is 0 Å². The molecule has 1 heterocycles. The third-order valence-electron chi connectivity index (χ3n) is 4.77. The average molecular weight is 425 g/mol. The van der Waals surface area contributed by atoms with Crippen LogP contribution in [-0.4, -0.2) is 55.8 Å². The van der Waals surface area contributed by atoms with Gasteiger partial charge in [0.2, 0.25) is 5.91 Å². The summed E-state index contributed by atoms with van der Waals surface area (Å²) in [6.45, 7) is 1.71. The maximum Gasteiger partial charge on any atom is 0.319 e. The summed E-state index contributed by atoms with van der Waals surface area (Å²) in [5.41, 5.74) is 2.59. The fraction of sp³-hybridized carbons (Fsp3) is 0.304. The van der Waals surface area contributed by atoms with Gasteiger partial charge in [-0.05, 0) is 42.0 Å². The van der Waals surface area contributed by atoms with E-state index in [1.807, 2.05) is 59.3 Å². The summed E-state index contributed by atoms with van der Waals surface area (Å²) in [6, 6.07) is 14.8. The van der Waals surface area contributed by atoms with Crippen LogP contribution in [0.3, 0.4) is 0 Å². The lowest BCUT2D eigenvalue weighted by Gasteiger charge is -2.12. The number of aromatic nitrogens is 1. The minimum absolute atomic E-state index is 0.0219. The molecule has 0 unspecified atom stereocenters. The molecule has 1 aromatic heterocycles. The molecule has 164 valence electrons. The number of benzene rings is 2. The van der Waals surface area contributed by atoms with Crippen molar-refractivity contribution in [1.29, 1.82) is 0 Å². The number of carbonyl (C=O) groups excluding carboxylic acids is 2. The molecule has 0 spiro atoms. The number of nitrogens with one attached hydrogen (secondary N) is 2. The molecule has 3 aromatic rings. The second kappa shape index (κ2) is 10.5. The first-order valence-electron chi connectivity index (χ1n) is 10.0. The standard InChI is InChI=1S/C23H28N4O4/c1-26(2)22(28)16-27-11-10-18-14-19(6-9-21(18)27)25-23(29)24-15-17-4-7-20(8-5-17)31-13-12-30-3/h4-11,14H,12-13,15-16H2,1-3H3,(H2,24,25,29). The number of hydrogen-bond acceptors (Lipinski definition) is 4. The Bertz CT molecular complexity index is 1030. The van der Waals surface area contributed by atoms with Crippen molar-refractivity contribution in [2.45, 2.75) is 13.1 Å². The number of anilines is 1. The highest BCUT2D eigenvalue weighted by molar-refractivity contribution is 5.93. The number of ether oxygens (including phenoxy) is 2. The molecule has 2 N–H and O–H groups in total. The van der Waals surface area contributed by atoms with Gasteiger partial charge in [0.1, 0.15) is 18.9 Å². The molecule has 2 aromatic carbocycles. The van der Waals surface area contributed by atoms with Gasteiger partial charge in [-0.2, -0.15) is 0 Å². The van der Waals surface area contributed by atoms with Gasteiger partial charge in [0.15, 0.2) is 0 Å². The molecule has 3 rings (SSSR count). The Balaban J connectivity index is 1.52. The van der Waals surface area contributed by atoms with E-state index in [1.165, 1.54) is 0 Å². The van der Waals surface area contributed by atoms with E-state index in [1.54, 1.807) is 26.1 Å². The van der Waals surface area contributed by atoms with E-state index in [-0.39, 0.29) is 18.5 Å². The number of hydrogen-bond donors (Lipinski definition) is 2. The molecule has 0 saturated carbocycles. The van der Waals surface area contributed by atoms with Crippen molar-refractivity contribution < 1.29 is 19.1 Å². The minimum Gasteiger partial charge on any atom is -0.491 e. The van der Waals surface area contributed by atoms with Gasteiger partial charge >= 0.3 is 6.03 Å². The molecule has 0 atom stereocenters. The molecule has 0 aliphatic carbocycles. The van der Waals surface area contributed by atoms with Crippen LogP contribution >= 0.6 is 0 Å². The largest absolute Gasteiger partial charge is 0.491 e. The van der Waals surface area contributed by atoms with Gasteiger partial charge in [0.05, 0.1) is 6.61 Å². The van der Waals surface area contributed by atoms with E-state index < -0.39 is 0 Å². The van der Waals surface area contributed by atoms with E-state index in [9.17, 15) is 9.59 Å². The van der Waals surface area contributed by atoms with Gasteiger partial charge in [0, 0.05) is 50.5 Å². The molecule has 3 amide bonds. The number of likely N-dealkylation sites (N-methyl/N-ethyl adjacent to an activating group) is 1. The highest BCUT2D eigenvalue weighted by Crippen LogP contribution is 2.21. The maximum absolute atomic E-state index is 12.3. The van der Waals surface area contributed by atoms with Crippen LogP contribution in [-0.2, 0) is 22.6 Å². The molecule has 0 bridgehead atoms.